The minimum Gasteiger partial charge on any atom is -0.474 e. The van der Waals surface area contributed by atoms with Gasteiger partial charge in [0.1, 0.15) is 11.6 Å². The fourth-order valence-electron chi connectivity index (χ4n) is 2.96. The molecule has 2 heterocycles. The molecule has 3 rings (SSSR count). The van der Waals surface area contributed by atoms with Crippen LogP contribution in [0.3, 0.4) is 0 Å². The predicted molar refractivity (Wildman–Crippen MR) is 103 cm³/mol. The molecule has 7 heteroatoms. The summed E-state index contributed by atoms with van der Waals surface area (Å²) in [6, 6.07) is 10.6. The number of aromatic nitrogens is 1. The molecular formula is C20H22ClN3O3. The van der Waals surface area contributed by atoms with E-state index in [1.165, 1.54) is 0 Å². The smallest absolute Gasteiger partial charge is 0.251 e. The fourth-order valence-corrected chi connectivity index (χ4v) is 3.13. The Morgan fingerprint density at radius 1 is 1.37 bits per heavy atom. The first-order valence-electron chi connectivity index (χ1n) is 8.86. The van der Waals surface area contributed by atoms with E-state index >= 15 is 0 Å². The number of pyridine rings is 1. The Hall–Kier alpha value is -2.60. The first-order valence-corrected chi connectivity index (χ1v) is 9.24. The second-order valence-corrected chi connectivity index (χ2v) is 7.24. The Kier molecular flexibility index (Phi) is 5.65. The van der Waals surface area contributed by atoms with Crippen molar-refractivity contribution in [3.63, 3.8) is 0 Å². The highest BCUT2D eigenvalue weighted by Gasteiger charge is 2.34. The SMILES string of the molecule is CCC(C)(COc1ncccc1Cl)NC(=O)C1CNC(=O)c2ccccc21. The van der Waals surface area contributed by atoms with E-state index in [9.17, 15) is 9.59 Å². The van der Waals surface area contributed by atoms with Crippen LogP contribution in [0.4, 0.5) is 0 Å². The van der Waals surface area contributed by atoms with Gasteiger partial charge in [-0.15, -0.1) is 0 Å². The summed E-state index contributed by atoms with van der Waals surface area (Å²) in [5.74, 6) is -0.407. The van der Waals surface area contributed by atoms with Crippen LogP contribution in [-0.4, -0.2) is 35.5 Å². The average molecular weight is 388 g/mol. The van der Waals surface area contributed by atoms with Gasteiger partial charge in [0.05, 0.1) is 11.5 Å². The summed E-state index contributed by atoms with van der Waals surface area (Å²) in [7, 11) is 0. The van der Waals surface area contributed by atoms with Crippen molar-refractivity contribution in [3.8, 4) is 5.88 Å². The topological polar surface area (TPSA) is 80.3 Å². The minimum atomic E-state index is -0.603. The highest BCUT2D eigenvalue weighted by Crippen LogP contribution is 2.26. The first kappa shape index (κ1) is 19.2. The lowest BCUT2D eigenvalue weighted by Gasteiger charge is -2.33. The Morgan fingerprint density at radius 3 is 2.89 bits per heavy atom. The van der Waals surface area contributed by atoms with Crippen LogP contribution < -0.4 is 15.4 Å². The number of nitrogens with one attached hydrogen (secondary N) is 2. The van der Waals surface area contributed by atoms with Gasteiger partial charge in [0.2, 0.25) is 11.8 Å². The predicted octanol–water partition coefficient (Wildman–Crippen LogP) is 2.93. The summed E-state index contributed by atoms with van der Waals surface area (Å²) >= 11 is 6.08. The standard InChI is InChI=1S/C20H22ClN3O3/c1-3-20(2,12-27-19-16(21)9-6-10-22-19)24-18(26)15-11-23-17(25)14-8-5-4-7-13(14)15/h4-10,15H,3,11-12H2,1-2H3,(H,23,25)(H,24,26). The van der Waals surface area contributed by atoms with Crippen molar-refractivity contribution >= 4 is 23.4 Å². The molecule has 6 nitrogen and oxygen atoms in total. The van der Waals surface area contributed by atoms with E-state index in [0.717, 1.165) is 5.56 Å². The van der Waals surface area contributed by atoms with E-state index in [-0.39, 0.29) is 25.0 Å². The molecule has 2 aromatic rings. The van der Waals surface area contributed by atoms with Crippen molar-refractivity contribution in [3.05, 3.63) is 58.7 Å². The molecule has 0 spiro atoms. The van der Waals surface area contributed by atoms with E-state index in [0.29, 0.717) is 22.9 Å². The lowest BCUT2D eigenvalue weighted by Crippen LogP contribution is -2.53. The van der Waals surface area contributed by atoms with E-state index in [2.05, 4.69) is 15.6 Å². The van der Waals surface area contributed by atoms with E-state index in [1.54, 1.807) is 30.5 Å². The molecule has 2 atom stereocenters. The molecule has 2 N–H and O–H groups in total. The number of carbonyl (C=O) groups is 2. The number of ether oxygens (including phenoxy) is 1. The van der Waals surface area contributed by atoms with Gasteiger partial charge in [-0.25, -0.2) is 4.98 Å². The molecular weight excluding hydrogens is 366 g/mol. The number of benzene rings is 1. The van der Waals surface area contributed by atoms with Crippen molar-refractivity contribution in [2.45, 2.75) is 31.7 Å². The molecule has 0 radical (unpaired) electrons. The van der Waals surface area contributed by atoms with Crippen molar-refractivity contribution < 1.29 is 14.3 Å². The quantitative estimate of drug-likeness (QED) is 0.798. The monoisotopic (exact) mass is 387 g/mol. The van der Waals surface area contributed by atoms with Gasteiger partial charge in [-0.3, -0.25) is 9.59 Å². The fraction of sp³-hybridized carbons (Fsp3) is 0.350. The van der Waals surface area contributed by atoms with Crippen LogP contribution >= 0.6 is 11.6 Å². The summed E-state index contributed by atoms with van der Waals surface area (Å²) in [4.78, 5) is 29.1. The highest BCUT2D eigenvalue weighted by atomic mass is 35.5. The van der Waals surface area contributed by atoms with Crippen LogP contribution in [0.15, 0.2) is 42.6 Å². The molecule has 2 unspecified atom stereocenters. The molecule has 0 aliphatic carbocycles. The van der Waals surface area contributed by atoms with Gasteiger partial charge < -0.3 is 15.4 Å². The second-order valence-electron chi connectivity index (χ2n) is 6.83. The third-order valence-corrected chi connectivity index (χ3v) is 5.11. The molecule has 27 heavy (non-hydrogen) atoms. The number of hydrogen-bond acceptors (Lipinski definition) is 4. The second kappa shape index (κ2) is 7.96. The molecule has 2 amide bonds. The number of fused-ring (bicyclic) bond motifs is 1. The Labute approximate surface area is 163 Å². The van der Waals surface area contributed by atoms with E-state index in [4.69, 9.17) is 16.3 Å². The maximum Gasteiger partial charge on any atom is 0.251 e. The van der Waals surface area contributed by atoms with Crippen molar-refractivity contribution in [1.82, 2.24) is 15.6 Å². The Balaban J connectivity index is 1.72. The van der Waals surface area contributed by atoms with Crippen LogP contribution in [0, 0.1) is 0 Å². The number of nitrogens with zero attached hydrogens (tertiary/aromatic N) is 1. The lowest BCUT2D eigenvalue weighted by atomic mass is 9.88. The van der Waals surface area contributed by atoms with Gasteiger partial charge in [0.25, 0.3) is 5.91 Å². The third-order valence-electron chi connectivity index (χ3n) is 4.82. The maximum atomic E-state index is 13.0. The highest BCUT2D eigenvalue weighted by molar-refractivity contribution is 6.31. The normalized spacial score (nSPS) is 18.0. The molecule has 1 aliphatic heterocycles. The summed E-state index contributed by atoms with van der Waals surface area (Å²) in [6.07, 6.45) is 2.26. The Bertz CT molecular complexity index is 858. The van der Waals surface area contributed by atoms with Gasteiger partial charge >= 0.3 is 0 Å². The Morgan fingerprint density at radius 2 is 2.15 bits per heavy atom. The summed E-state index contributed by atoms with van der Waals surface area (Å²) in [5, 5.41) is 6.27. The van der Waals surface area contributed by atoms with E-state index < -0.39 is 11.5 Å². The lowest BCUT2D eigenvalue weighted by molar-refractivity contribution is -0.124. The molecule has 1 aromatic carbocycles. The molecule has 0 saturated heterocycles. The van der Waals surface area contributed by atoms with Crippen molar-refractivity contribution in [1.29, 1.82) is 0 Å². The molecule has 0 fully saturated rings. The minimum absolute atomic E-state index is 0.150. The molecule has 0 saturated carbocycles. The van der Waals surface area contributed by atoms with Crippen molar-refractivity contribution in [2.24, 2.45) is 0 Å². The maximum absolute atomic E-state index is 13.0. The largest absolute Gasteiger partial charge is 0.474 e. The van der Waals surface area contributed by atoms with Crippen molar-refractivity contribution in [2.75, 3.05) is 13.2 Å². The zero-order valence-electron chi connectivity index (χ0n) is 15.3. The van der Waals surface area contributed by atoms with Crippen LogP contribution in [-0.2, 0) is 4.79 Å². The van der Waals surface area contributed by atoms with Crippen LogP contribution in [0.5, 0.6) is 5.88 Å². The molecule has 1 aromatic heterocycles. The van der Waals surface area contributed by atoms with E-state index in [1.807, 2.05) is 26.0 Å². The molecule has 142 valence electrons. The van der Waals surface area contributed by atoms with Crippen LogP contribution in [0.2, 0.25) is 5.02 Å². The van der Waals surface area contributed by atoms with Gasteiger partial charge in [0, 0.05) is 18.3 Å². The van der Waals surface area contributed by atoms with Gasteiger partial charge in [-0.1, -0.05) is 36.7 Å². The molecule has 0 bridgehead atoms. The summed E-state index contributed by atoms with van der Waals surface area (Å²) < 4.78 is 5.74. The number of carbonyl (C=O) groups excluding carboxylic acids is 2. The van der Waals surface area contributed by atoms with Gasteiger partial charge in [0.15, 0.2) is 0 Å². The number of hydrogen-bond donors (Lipinski definition) is 2. The summed E-state index contributed by atoms with van der Waals surface area (Å²) in [6.45, 7) is 4.39. The van der Waals surface area contributed by atoms with Gasteiger partial charge in [-0.2, -0.15) is 0 Å². The average Bonchev–Trinajstić information content (AvgIpc) is 2.68. The third kappa shape index (κ3) is 4.22. The molecule has 1 aliphatic rings. The summed E-state index contributed by atoms with van der Waals surface area (Å²) in [5.41, 5.74) is 0.679. The zero-order chi connectivity index (χ0) is 19.4. The first-order chi connectivity index (χ1) is 12.9. The number of halogens is 1. The zero-order valence-corrected chi connectivity index (χ0v) is 16.0. The number of amides is 2. The number of rotatable bonds is 6. The van der Waals surface area contributed by atoms with Gasteiger partial charge in [-0.05, 0) is 37.1 Å². The van der Waals surface area contributed by atoms with Crippen LogP contribution in [0.1, 0.15) is 42.1 Å². The van der Waals surface area contributed by atoms with Crippen LogP contribution in [0.25, 0.3) is 0 Å².